The van der Waals surface area contributed by atoms with Gasteiger partial charge in [-0.3, -0.25) is 9.20 Å². The van der Waals surface area contributed by atoms with Crippen LogP contribution in [0.1, 0.15) is 12.6 Å². The molecule has 3 aromatic rings. The number of fused-ring (bicyclic) bond motifs is 1. The van der Waals surface area contributed by atoms with Crippen LogP contribution in [0.5, 0.6) is 11.5 Å². The Morgan fingerprint density at radius 3 is 2.88 bits per heavy atom. The van der Waals surface area contributed by atoms with E-state index in [-0.39, 0.29) is 18.9 Å². The van der Waals surface area contributed by atoms with E-state index in [9.17, 15) is 9.90 Å². The van der Waals surface area contributed by atoms with Crippen LogP contribution in [0.2, 0.25) is 0 Å². The number of nitrogens with zero attached hydrogens (tertiary/aromatic N) is 2. The maximum atomic E-state index is 12.0. The SMILES string of the molecule is COc1ccc(OC)c(-c2cn3c(CC(=O)NCC(C)O)csc3n2)c1. The second kappa shape index (κ2) is 7.76. The van der Waals surface area contributed by atoms with Crippen LogP contribution in [0.3, 0.4) is 0 Å². The number of benzene rings is 1. The Morgan fingerprint density at radius 2 is 2.19 bits per heavy atom. The lowest BCUT2D eigenvalue weighted by atomic mass is 10.1. The molecule has 2 N–H and O–H groups in total. The van der Waals surface area contributed by atoms with Crippen molar-refractivity contribution >= 4 is 22.2 Å². The molecule has 0 saturated heterocycles. The van der Waals surface area contributed by atoms with Crippen LogP contribution in [0.25, 0.3) is 16.2 Å². The maximum absolute atomic E-state index is 12.0. The van der Waals surface area contributed by atoms with E-state index in [0.717, 1.165) is 27.7 Å². The second-order valence-corrected chi connectivity index (χ2v) is 6.74. The van der Waals surface area contributed by atoms with E-state index in [1.54, 1.807) is 21.1 Å². The first-order chi connectivity index (χ1) is 12.5. The number of aliphatic hydroxyl groups excluding tert-OH is 1. The second-order valence-electron chi connectivity index (χ2n) is 5.90. The summed E-state index contributed by atoms with van der Waals surface area (Å²) in [5, 5.41) is 13.9. The molecular formula is C18H21N3O4S. The molecule has 1 amide bonds. The quantitative estimate of drug-likeness (QED) is 0.661. The van der Waals surface area contributed by atoms with Crippen molar-refractivity contribution in [1.82, 2.24) is 14.7 Å². The molecule has 138 valence electrons. The molecule has 0 aliphatic heterocycles. The minimum absolute atomic E-state index is 0.139. The average molecular weight is 375 g/mol. The summed E-state index contributed by atoms with van der Waals surface area (Å²) in [7, 11) is 3.23. The molecule has 0 fully saturated rings. The number of aliphatic hydroxyl groups is 1. The fraction of sp³-hybridized carbons (Fsp3) is 0.333. The number of carbonyl (C=O) groups is 1. The number of carbonyl (C=O) groups excluding carboxylic acids is 1. The van der Waals surface area contributed by atoms with Gasteiger partial charge in [0, 0.05) is 29.4 Å². The van der Waals surface area contributed by atoms with Gasteiger partial charge in [0.2, 0.25) is 5.91 Å². The molecule has 1 unspecified atom stereocenters. The molecule has 2 heterocycles. The monoisotopic (exact) mass is 375 g/mol. The van der Waals surface area contributed by atoms with Crippen molar-refractivity contribution in [2.45, 2.75) is 19.4 Å². The van der Waals surface area contributed by atoms with Crippen LogP contribution in [-0.2, 0) is 11.2 Å². The van der Waals surface area contributed by atoms with E-state index in [1.807, 2.05) is 34.2 Å². The lowest BCUT2D eigenvalue weighted by Gasteiger charge is -2.08. The van der Waals surface area contributed by atoms with E-state index in [1.165, 1.54) is 11.3 Å². The van der Waals surface area contributed by atoms with E-state index < -0.39 is 6.10 Å². The number of aromatic nitrogens is 2. The zero-order chi connectivity index (χ0) is 18.7. The summed E-state index contributed by atoms with van der Waals surface area (Å²) >= 11 is 1.47. The molecule has 0 radical (unpaired) electrons. The molecule has 0 aliphatic rings. The Morgan fingerprint density at radius 1 is 1.38 bits per heavy atom. The first kappa shape index (κ1) is 18.2. The molecule has 3 rings (SSSR count). The summed E-state index contributed by atoms with van der Waals surface area (Å²) in [6, 6.07) is 5.55. The minimum Gasteiger partial charge on any atom is -0.497 e. The van der Waals surface area contributed by atoms with Gasteiger partial charge >= 0.3 is 0 Å². The van der Waals surface area contributed by atoms with Crippen molar-refractivity contribution in [3.63, 3.8) is 0 Å². The van der Waals surface area contributed by atoms with Crippen LogP contribution in [0.4, 0.5) is 0 Å². The van der Waals surface area contributed by atoms with Crippen molar-refractivity contribution in [2.75, 3.05) is 20.8 Å². The molecule has 1 aromatic carbocycles. The normalized spacial score (nSPS) is 12.2. The van der Waals surface area contributed by atoms with E-state index in [4.69, 9.17) is 9.47 Å². The molecule has 7 nitrogen and oxygen atoms in total. The first-order valence-corrected chi connectivity index (χ1v) is 9.02. The summed E-state index contributed by atoms with van der Waals surface area (Å²) in [6.45, 7) is 1.87. The lowest BCUT2D eigenvalue weighted by Crippen LogP contribution is -2.31. The van der Waals surface area contributed by atoms with Crippen molar-refractivity contribution in [3.8, 4) is 22.8 Å². The predicted molar refractivity (Wildman–Crippen MR) is 100 cm³/mol. The molecular weight excluding hydrogens is 354 g/mol. The molecule has 26 heavy (non-hydrogen) atoms. The van der Waals surface area contributed by atoms with Gasteiger partial charge in [0.05, 0.1) is 32.4 Å². The van der Waals surface area contributed by atoms with Crippen molar-refractivity contribution < 1.29 is 19.4 Å². The largest absolute Gasteiger partial charge is 0.497 e. The highest BCUT2D eigenvalue weighted by Gasteiger charge is 2.15. The average Bonchev–Trinajstić information content (AvgIpc) is 3.21. The van der Waals surface area contributed by atoms with Gasteiger partial charge in [-0.2, -0.15) is 0 Å². The topological polar surface area (TPSA) is 85.1 Å². The number of amides is 1. The van der Waals surface area contributed by atoms with Crippen LogP contribution < -0.4 is 14.8 Å². The zero-order valence-corrected chi connectivity index (χ0v) is 15.7. The van der Waals surface area contributed by atoms with Crippen LogP contribution in [0.15, 0.2) is 29.8 Å². The van der Waals surface area contributed by atoms with E-state index >= 15 is 0 Å². The van der Waals surface area contributed by atoms with Gasteiger partial charge < -0.3 is 19.9 Å². The Kier molecular flexibility index (Phi) is 5.43. The number of imidazole rings is 1. The summed E-state index contributed by atoms with van der Waals surface area (Å²) in [6.07, 6.45) is 1.54. The molecule has 2 aromatic heterocycles. The molecule has 0 saturated carbocycles. The van der Waals surface area contributed by atoms with Gasteiger partial charge in [-0.1, -0.05) is 0 Å². The number of rotatable bonds is 7. The molecule has 0 bridgehead atoms. The number of hydrogen-bond donors (Lipinski definition) is 2. The minimum atomic E-state index is -0.568. The Balaban J connectivity index is 1.89. The van der Waals surface area contributed by atoms with E-state index in [0.29, 0.717) is 5.75 Å². The lowest BCUT2D eigenvalue weighted by molar-refractivity contribution is -0.120. The smallest absolute Gasteiger partial charge is 0.226 e. The van der Waals surface area contributed by atoms with Crippen LogP contribution in [0, 0.1) is 0 Å². The number of ether oxygens (including phenoxy) is 2. The van der Waals surface area contributed by atoms with Crippen molar-refractivity contribution in [2.24, 2.45) is 0 Å². The summed E-state index contributed by atoms with van der Waals surface area (Å²) in [5.74, 6) is 1.28. The molecule has 0 spiro atoms. The number of hydrogen-bond acceptors (Lipinski definition) is 6. The van der Waals surface area contributed by atoms with E-state index in [2.05, 4.69) is 10.3 Å². The Hall–Kier alpha value is -2.58. The molecule has 1 atom stereocenters. The number of methoxy groups -OCH3 is 2. The fourth-order valence-corrected chi connectivity index (χ4v) is 3.46. The highest BCUT2D eigenvalue weighted by molar-refractivity contribution is 7.15. The standard InChI is InChI=1S/C18H21N3O4S/c1-11(22)8-19-17(23)6-12-10-26-18-20-15(9-21(12)18)14-7-13(24-2)4-5-16(14)25-3/h4-5,7,9-11,22H,6,8H2,1-3H3,(H,19,23). The van der Waals surface area contributed by atoms with Gasteiger partial charge in [-0.15, -0.1) is 11.3 Å². The summed E-state index contributed by atoms with van der Waals surface area (Å²) < 4.78 is 12.6. The summed E-state index contributed by atoms with van der Waals surface area (Å²) in [4.78, 5) is 17.5. The molecule has 0 aliphatic carbocycles. The summed E-state index contributed by atoms with van der Waals surface area (Å²) in [5.41, 5.74) is 2.42. The third-order valence-electron chi connectivity index (χ3n) is 3.90. The third kappa shape index (κ3) is 3.81. The van der Waals surface area contributed by atoms with Crippen molar-refractivity contribution in [3.05, 3.63) is 35.5 Å². The van der Waals surface area contributed by atoms with Crippen LogP contribution in [-0.4, -0.2) is 47.3 Å². The van der Waals surface area contributed by atoms with Crippen molar-refractivity contribution in [1.29, 1.82) is 0 Å². The van der Waals surface area contributed by atoms with Gasteiger partial charge in [-0.25, -0.2) is 4.98 Å². The number of thiazole rings is 1. The Labute approximate surface area is 155 Å². The highest BCUT2D eigenvalue weighted by atomic mass is 32.1. The van der Waals surface area contributed by atoms with Gasteiger partial charge in [0.1, 0.15) is 11.5 Å². The van der Waals surface area contributed by atoms with Gasteiger partial charge in [0.25, 0.3) is 0 Å². The maximum Gasteiger partial charge on any atom is 0.226 e. The van der Waals surface area contributed by atoms with Crippen LogP contribution >= 0.6 is 11.3 Å². The third-order valence-corrected chi connectivity index (χ3v) is 4.79. The zero-order valence-electron chi connectivity index (χ0n) is 14.9. The fourth-order valence-electron chi connectivity index (χ4n) is 2.59. The first-order valence-electron chi connectivity index (χ1n) is 8.14. The predicted octanol–water partition coefficient (Wildman–Crippen LogP) is 2.12. The highest BCUT2D eigenvalue weighted by Crippen LogP contribution is 2.34. The Bertz CT molecular complexity index is 916. The van der Waals surface area contributed by atoms with Gasteiger partial charge in [-0.05, 0) is 25.1 Å². The van der Waals surface area contributed by atoms with Gasteiger partial charge in [0.15, 0.2) is 4.96 Å². The number of nitrogens with one attached hydrogen (secondary N) is 1. The molecule has 8 heteroatoms.